The topological polar surface area (TPSA) is 0 Å². The standard InChI is InChI=1S/C7H11F3/c1-2-5-3-6(5)4-7(8,9)10/h5-6H,2-4H2,1H3. The number of hydrogen-bond donors (Lipinski definition) is 0. The molecule has 1 fully saturated rings. The molecule has 0 nitrogen and oxygen atoms in total. The van der Waals surface area contributed by atoms with Crippen LogP contribution in [0.2, 0.25) is 0 Å². The Morgan fingerprint density at radius 3 is 2.20 bits per heavy atom. The molecular formula is C7H11F3. The summed E-state index contributed by atoms with van der Waals surface area (Å²) in [6, 6.07) is 0. The zero-order chi connectivity index (χ0) is 7.78. The molecule has 1 saturated carbocycles. The summed E-state index contributed by atoms with van der Waals surface area (Å²) in [5, 5.41) is 0. The molecule has 0 heterocycles. The number of halogens is 3. The average molecular weight is 152 g/mol. The van der Waals surface area contributed by atoms with Crippen LogP contribution in [-0.4, -0.2) is 6.18 Å². The molecule has 0 radical (unpaired) electrons. The summed E-state index contributed by atoms with van der Waals surface area (Å²) in [6.45, 7) is 1.95. The Morgan fingerprint density at radius 1 is 1.30 bits per heavy atom. The Balaban J connectivity index is 2.18. The normalized spacial score (nSPS) is 32.4. The van der Waals surface area contributed by atoms with E-state index in [1.807, 2.05) is 6.92 Å². The zero-order valence-electron chi connectivity index (χ0n) is 5.91. The lowest BCUT2D eigenvalue weighted by Crippen LogP contribution is -2.08. The van der Waals surface area contributed by atoms with E-state index in [-0.39, 0.29) is 5.92 Å². The zero-order valence-corrected chi connectivity index (χ0v) is 5.91. The SMILES string of the molecule is CCC1CC1CC(F)(F)F. The van der Waals surface area contributed by atoms with E-state index < -0.39 is 12.6 Å². The van der Waals surface area contributed by atoms with Crippen molar-refractivity contribution in [2.24, 2.45) is 11.8 Å². The van der Waals surface area contributed by atoms with Crippen LogP contribution >= 0.6 is 0 Å². The molecule has 3 heteroatoms. The Morgan fingerprint density at radius 2 is 1.90 bits per heavy atom. The summed E-state index contributed by atoms with van der Waals surface area (Å²) in [6.07, 6.45) is -2.81. The maximum atomic E-state index is 11.7. The van der Waals surface area contributed by atoms with Crippen molar-refractivity contribution in [3.05, 3.63) is 0 Å². The van der Waals surface area contributed by atoms with Crippen molar-refractivity contribution >= 4 is 0 Å². The second-order valence-electron chi connectivity index (χ2n) is 2.98. The van der Waals surface area contributed by atoms with E-state index in [2.05, 4.69) is 0 Å². The van der Waals surface area contributed by atoms with Crippen molar-refractivity contribution in [3.63, 3.8) is 0 Å². The molecule has 0 amide bonds. The highest BCUT2D eigenvalue weighted by molar-refractivity contribution is 4.86. The van der Waals surface area contributed by atoms with Gasteiger partial charge in [0.05, 0.1) is 0 Å². The maximum Gasteiger partial charge on any atom is 0.389 e. The van der Waals surface area contributed by atoms with Crippen LogP contribution in [0.4, 0.5) is 13.2 Å². The quantitative estimate of drug-likeness (QED) is 0.570. The van der Waals surface area contributed by atoms with E-state index in [0.29, 0.717) is 5.92 Å². The van der Waals surface area contributed by atoms with Gasteiger partial charge >= 0.3 is 6.18 Å². The lowest BCUT2D eigenvalue weighted by molar-refractivity contribution is -0.138. The van der Waals surface area contributed by atoms with Gasteiger partial charge in [0.1, 0.15) is 0 Å². The minimum Gasteiger partial charge on any atom is -0.171 e. The highest BCUT2D eigenvalue weighted by atomic mass is 19.4. The highest BCUT2D eigenvalue weighted by Gasteiger charge is 2.43. The van der Waals surface area contributed by atoms with Crippen LogP contribution in [0, 0.1) is 11.8 Å². The van der Waals surface area contributed by atoms with Crippen LogP contribution in [-0.2, 0) is 0 Å². The molecule has 1 aliphatic carbocycles. The van der Waals surface area contributed by atoms with Gasteiger partial charge in [-0.25, -0.2) is 0 Å². The summed E-state index contributed by atoms with van der Waals surface area (Å²) in [5.74, 6) is 0.312. The smallest absolute Gasteiger partial charge is 0.171 e. The molecule has 0 aromatic heterocycles. The van der Waals surface area contributed by atoms with E-state index in [0.717, 1.165) is 12.8 Å². The third-order valence-corrected chi connectivity index (χ3v) is 2.09. The Kier molecular flexibility index (Phi) is 1.92. The van der Waals surface area contributed by atoms with Gasteiger partial charge in [-0.3, -0.25) is 0 Å². The molecule has 10 heavy (non-hydrogen) atoms. The molecule has 1 aliphatic rings. The van der Waals surface area contributed by atoms with Gasteiger partial charge in [0.2, 0.25) is 0 Å². The minimum absolute atomic E-state index is 0.0509. The van der Waals surface area contributed by atoms with Crippen molar-refractivity contribution in [3.8, 4) is 0 Å². The van der Waals surface area contributed by atoms with E-state index in [4.69, 9.17) is 0 Å². The first-order chi connectivity index (χ1) is 4.53. The molecular weight excluding hydrogens is 141 g/mol. The molecule has 0 aromatic rings. The van der Waals surface area contributed by atoms with Gasteiger partial charge in [-0.15, -0.1) is 0 Å². The molecule has 2 atom stereocenters. The lowest BCUT2D eigenvalue weighted by atomic mass is 10.2. The average Bonchev–Trinajstić information content (AvgIpc) is 2.42. The summed E-state index contributed by atoms with van der Waals surface area (Å²) in [5.41, 5.74) is 0. The second kappa shape index (κ2) is 2.44. The predicted molar refractivity (Wildman–Crippen MR) is 32.6 cm³/mol. The van der Waals surface area contributed by atoms with Gasteiger partial charge in [-0.05, 0) is 18.3 Å². The Bertz CT molecular complexity index is 117. The highest BCUT2D eigenvalue weighted by Crippen LogP contribution is 2.47. The largest absolute Gasteiger partial charge is 0.389 e. The molecule has 60 valence electrons. The van der Waals surface area contributed by atoms with Crippen LogP contribution < -0.4 is 0 Å². The van der Waals surface area contributed by atoms with Crippen LogP contribution in [0.25, 0.3) is 0 Å². The van der Waals surface area contributed by atoms with Crippen molar-refractivity contribution in [1.29, 1.82) is 0 Å². The van der Waals surface area contributed by atoms with E-state index in [1.54, 1.807) is 0 Å². The van der Waals surface area contributed by atoms with Gasteiger partial charge in [-0.1, -0.05) is 13.3 Å². The lowest BCUT2D eigenvalue weighted by Gasteiger charge is -2.03. The fraction of sp³-hybridized carbons (Fsp3) is 1.00. The fourth-order valence-corrected chi connectivity index (χ4v) is 1.36. The number of hydrogen-bond acceptors (Lipinski definition) is 0. The Labute approximate surface area is 58.4 Å². The van der Waals surface area contributed by atoms with Gasteiger partial charge in [0.25, 0.3) is 0 Å². The Hall–Kier alpha value is -0.210. The van der Waals surface area contributed by atoms with Crippen molar-refractivity contribution in [1.82, 2.24) is 0 Å². The van der Waals surface area contributed by atoms with Crippen LogP contribution in [0.15, 0.2) is 0 Å². The fourth-order valence-electron chi connectivity index (χ4n) is 1.36. The van der Waals surface area contributed by atoms with Gasteiger partial charge in [0, 0.05) is 6.42 Å². The summed E-state index contributed by atoms with van der Waals surface area (Å²) >= 11 is 0. The van der Waals surface area contributed by atoms with Gasteiger partial charge in [0.15, 0.2) is 0 Å². The van der Waals surface area contributed by atoms with Crippen LogP contribution in [0.3, 0.4) is 0 Å². The van der Waals surface area contributed by atoms with Gasteiger partial charge < -0.3 is 0 Å². The van der Waals surface area contributed by atoms with Crippen molar-refractivity contribution < 1.29 is 13.2 Å². The number of alkyl halides is 3. The van der Waals surface area contributed by atoms with Crippen molar-refractivity contribution in [2.45, 2.75) is 32.4 Å². The molecule has 0 aliphatic heterocycles. The number of rotatable bonds is 2. The first-order valence-corrected chi connectivity index (χ1v) is 3.59. The first kappa shape index (κ1) is 7.89. The van der Waals surface area contributed by atoms with E-state index in [1.165, 1.54) is 0 Å². The molecule has 0 spiro atoms. The van der Waals surface area contributed by atoms with Crippen LogP contribution in [0.1, 0.15) is 26.2 Å². The molecule has 0 aromatic carbocycles. The van der Waals surface area contributed by atoms with E-state index in [9.17, 15) is 13.2 Å². The van der Waals surface area contributed by atoms with Gasteiger partial charge in [-0.2, -0.15) is 13.2 Å². The monoisotopic (exact) mass is 152 g/mol. The third kappa shape index (κ3) is 2.20. The van der Waals surface area contributed by atoms with Crippen molar-refractivity contribution in [2.75, 3.05) is 0 Å². The molecule has 2 unspecified atom stereocenters. The minimum atomic E-state index is -3.94. The summed E-state index contributed by atoms with van der Waals surface area (Å²) in [7, 11) is 0. The maximum absolute atomic E-state index is 11.7. The summed E-state index contributed by atoms with van der Waals surface area (Å²) < 4.78 is 35.0. The first-order valence-electron chi connectivity index (χ1n) is 3.59. The summed E-state index contributed by atoms with van der Waals surface area (Å²) in [4.78, 5) is 0. The molecule has 1 rings (SSSR count). The van der Waals surface area contributed by atoms with E-state index >= 15 is 0 Å². The molecule has 0 saturated heterocycles. The predicted octanol–water partition coefficient (Wildman–Crippen LogP) is 2.98. The third-order valence-electron chi connectivity index (χ3n) is 2.09. The second-order valence-corrected chi connectivity index (χ2v) is 2.98. The molecule has 0 bridgehead atoms. The molecule has 0 N–H and O–H groups in total. The van der Waals surface area contributed by atoms with Crippen LogP contribution in [0.5, 0.6) is 0 Å².